The number of hydrogen-bond acceptors (Lipinski definition) is 4. The van der Waals surface area contributed by atoms with E-state index in [9.17, 15) is 22.8 Å². The zero-order valence-corrected chi connectivity index (χ0v) is 14.7. The number of aromatic nitrogens is 2. The highest BCUT2D eigenvalue weighted by atomic mass is 32.1. The summed E-state index contributed by atoms with van der Waals surface area (Å²) in [5.41, 5.74) is 4.67. The molecule has 1 atom stereocenters. The Morgan fingerprint density at radius 3 is 2.65 bits per heavy atom. The maximum atomic E-state index is 12.9. The summed E-state index contributed by atoms with van der Waals surface area (Å²) in [5.74, 6) is -0.883. The van der Waals surface area contributed by atoms with Crippen molar-refractivity contribution < 1.29 is 22.8 Å². The molecule has 10 heteroatoms. The van der Waals surface area contributed by atoms with Gasteiger partial charge in [-0.2, -0.15) is 18.3 Å². The molecule has 1 fully saturated rings. The average molecular weight is 386 g/mol. The molecule has 140 valence electrons. The number of nitrogens with two attached hydrogens (primary N) is 1. The van der Waals surface area contributed by atoms with Crippen molar-refractivity contribution >= 4 is 23.2 Å². The van der Waals surface area contributed by atoms with Gasteiger partial charge >= 0.3 is 6.18 Å². The topological polar surface area (TPSA) is 81.2 Å². The third kappa shape index (κ3) is 3.46. The van der Waals surface area contributed by atoms with Crippen LogP contribution in [-0.4, -0.2) is 39.1 Å². The number of piperidine rings is 1. The van der Waals surface area contributed by atoms with Gasteiger partial charge in [0.25, 0.3) is 5.91 Å². The zero-order valence-electron chi connectivity index (χ0n) is 13.9. The first-order valence-electron chi connectivity index (χ1n) is 8.00. The molecule has 0 spiro atoms. The number of thiophene rings is 1. The number of amides is 2. The molecular formula is C16H17F3N4O2S. The van der Waals surface area contributed by atoms with Crippen LogP contribution in [0.5, 0.6) is 0 Å². The van der Waals surface area contributed by atoms with E-state index in [1.54, 1.807) is 6.07 Å². The number of aryl methyl sites for hydroxylation is 1. The van der Waals surface area contributed by atoms with Crippen molar-refractivity contribution in [2.75, 3.05) is 6.54 Å². The standard InChI is InChI=1S/C16H17F3N4O2S/c1-22-13(16(17,18)19)8-9(21-22)11-5-6-12(26-11)15(25)23-7-3-2-4-10(23)14(20)24/h5-6,8,10H,2-4,7H2,1H3,(H2,20,24). The molecule has 1 saturated heterocycles. The Labute approximate surface area is 151 Å². The number of primary amides is 1. The molecule has 2 amide bonds. The second-order valence-electron chi connectivity index (χ2n) is 6.11. The van der Waals surface area contributed by atoms with E-state index in [0.717, 1.165) is 34.9 Å². The normalized spacial score (nSPS) is 18.2. The van der Waals surface area contributed by atoms with Gasteiger partial charge in [-0.1, -0.05) is 0 Å². The lowest BCUT2D eigenvalue weighted by atomic mass is 10.0. The Balaban J connectivity index is 1.86. The molecule has 2 aromatic rings. The Morgan fingerprint density at radius 1 is 1.31 bits per heavy atom. The Hall–Kier alpha value is -2.36. The van der Waals surface area contributed by atoms with E-state index >= 15 is 0 Å². The SMILES string of the molecule is Cn1nc(-c2ccc(C(=O)N3CCCCC3C(N)=O)s2)cc1C(F)(F)F. The summed E-state index contributed by atoms with van der Waals surface area (Å²) in [6.45, 7) is 0.432. The highest BCUT2D eigenvalue weighted by molar-refractivity contribution is 7.17. The largest absolute Gasteiger partial charge is 0.433 e. The minimum atomic E-state index is -4.50. The van der Waals surface area contributed by atoms with Crippen LogP contribution in [0, 0.1) is 0 Å². The van der Waals surface area contributed by atoms with Crippen molar-refractivity contribution in [2.45, 2.75) is 31.5 Å². The van der Waals surface area contributed by atoms with Gasteiger partial charge in [0.15, 0.2) is 0 Å². The zero-order chi connectivity index (χ0) is 19.1. The smallest absolute Gasteiger partial charge is 0.368 e. The van der Waals surface area contributed by atoms with Crippen molar-refractivity contribution in [3.63, 3.8) is 0 Å². The van der Waals surface area contributed by atoms with Crippen molar-refractivity contribution in [1.82, 2.24) is 14.7 Å². The number of alkyl halides is 3. The predicted molar refractivity (Wildman–Crippen MR) is 89.4 cm³/mol. The van der Waals surface area contributed by atoms with E-state index in [0.29, 0.717) is 22.7 Å². The quantitative estimate of drug-likeness (QED) is 0.881. The van der Waals surface area contributed by atoms with Gasteiger partial charge in [-0.05, 0) is 37.5 Å². The molecule has 0 aromatic carbocycles. The lowest BCUT2D eigenvalue weighted by molar-refractivity contribution is -0.143. The number of halogens is 3. The summed E-state index contributed by atoms with van der Waals surface area (Å²) in [7, 11) is 1.22. The Kier molecular flexibility index (Phi) is 4.78. The molecule has 1 aliphatic rings. The van der Waals surface area contributed by atoms with Gasteiger partial charge in [0.1, 0.15) is 17.4 Å². The van der Waals surface area contributed by atoms with Crippen molar-refractivity contribution in [2.24, 2.45) is 12.8 Å². The van der Waals surface area contributed by atoms with E-state index in [2.05, 4.69) is 5.10 Å². The Bertz CT molecular complexity index is 843. The number of hydrogen-bond donors (Lipinski definition) is 1. The lowest BCUT2D eigenvalue weighted by Crippen LogP contribution is -2.50. The molecule has 3 rings (SSSR count). The predicted octanol–water partition coefficient (Wildman–Crippen LogP) is 2.65. The third-order valence-corrected chi connectivity index (χ3v) is 5.43. The van der Waals surface area contributed by atoms with Gasteiger partial charge in [0, 0.05) is 13.6 Å². The van der Waals surface area contributed by atoms with Crippen molar-refractivity contribution in [1.29, 1.82) is 0 Å². The van der Waals surface area contributed by atoms with Crippen LogP contribution in [0.3, 0.4) is 0 Å². The average Bonchev–Trinajstić information content (AvgIpc) is 3.20. The first-order valence-corrected chi connectivity index (χ1v) is 8.82. The van der Waals surface area contributed by atoms with Crippen LogP contribution >= 0.6 is 11.3 Å². The van der Waals surface area contributed by atoms with Gasteiger partial charge in [0.05, 0.1) is 9.75 Å². The summed E-state index contributed by atoms with van der Waals surface area (Å²) in [5, 5.41) is 3.88. The van der Waals surface area contributed by atoms with Gasteiger partial charge in [-0.3, -0.25) is 14.3 Å². The maximum Gasteiger partial charge on any atom is 0.433 e. The van der Waals surface area contributed by atoms with Crippen LogP contribution in [-0.2, 0) is 18.0 Å². The monoisotopic (exact) mass is 386 g/mol. The third-order valence-electron chi connectivity index (χ3n) is 4.33. The minimum absolute atomic E-state index is 0.147. The van der Waals surface area contributed by atoms with Crippen LogP contribution < -0.4 is 5.73 Å². The molecule has 0 bridgehead atoms. The van der Waals surface area contributed by atoms with E-state index in [4.69, 9.17) is 5.73 Å². The number of nitrogens with zero attached hydrogens (tertiary/aromatic N) is 3. The summed E-state index contributed by atoms with van der Waals surface area (Å²) in [6, 6.07) is 3.40. The van der Waals surface area contributed by atoms with Crippen molar-refractivity contribution in [3.8, 4) is 10.6 Å². The highest BCUT2D eigenvalue weighted by Crippen LogP contribution is 2.34. The van der Waals surface area contributed by atoms with Crippen LogP contribution in [0.1, 0.15) is 34.6 Å². The maximum absolute atomic E-state index is 12.9. The number of carbonyl (C=O) groups excluding carboxylic acids is 2. The fraction of sp³-hybridized carbons (Fsp3) is 0.438. The van der Waals surface area contributed by atoms with Gasteiger partial charge in [-0.15, -0.1) is 11.3 Å². The van der Waals surface area contributed by atoms with E-state index in [-0.39, 0.29) is 11.6 Å². The van der Waals surface area contributed by atoms with E-state index in [1.807, 2.05) is 0 Å². The fourth-order valence-corrected chi connectivity index (χ4v) is 3.97. The number of carbonyl (C=O) groups is 2. The molecule has 1 unspecified atom stereocenters. The van der Waals surface area contributed by atoms with Gasteiger partial charge in [-0.25, -0.2) is 0 Å². The van der Waals surface area contributed by atoms with E-state index in [1.165, 1.54) is 18.0 Å². The molecule has 3 heterocycles. The minimum Gasteiger partial charge on any atom is -0.368 e. The molecular weight excluding hydrogens is 369 g/mol. The van der Waals surface area contributed by atoms with Crippen molar-refractivity contribution in [3.05, 3.63) is 28.8 Å². The highest BCUT2D eigenvalue weighted by Gasteiger charge is 2.35. The summed E-state index contributed by atoms with van der Waals surface area (Å²) in [6.07, 6.45) is -2.38. The molecule has 0 saturated carbocycles. The van der Waals surface area contributed by atoms with Crippen LogP contribution in [0.25, 0.3) is 10.6 Å². The Morgan fingerprint density at radius 2 is 2.04 bits per heavy atom. The first kappa shape index (κ1) is 18.4. The summed E-state index contributed by atoms with van der Waals surface area (Å²) >= 11 is 1.05. The number of rotatable bonds is 3. The van der Waals surface area contributed by atoms with E-state index < -0.39 is 23.8 Å². The lowest BCUT2D eigenvalue weighted by Gasteiger charge is -2.33. The molecule has 1 aliphatic heterocycles. The fourth-order valence-electron chi connectivity index (χ4n) is 3.06. The van der Waals surface area contributed by atoms with Crippen LogP contribution in [0.15, 0.2) is 18.2 Å². The molecule has 26 heavy (non-hydrogen) atoms. The second-order valence-corrected chi connectivity index (χ2v) is 7.20. The molecule has 0 radical (unpaired) electrons. The second kappa shape index (κ2) is 6.75. The van der Waals surface area contributed by atoms with Crippen LogP contribution in [0.2, 0.25) is 0 Å². The molecule has 2 N–H and O–H groups in total. The van der Waals surface area contributed by atoms with Gasteiger partial charge in [0.2, 0.25) is 5.91 Å². The summed E-state index contributed by atoms with van der Waals surface area (Å²) < 4.78 is 39.5. The summed E-state index contributed by atoms with van der Waals surface area (Å²) in [4.78, 5) is 26.5. The molecule has 2 aromatic heterocycles. The van der Waals surface area contributed by atoms with Crippen LogP contribution in [0.4, 0.5) is 13.2 Å². The number of likely N-dealkylation sites (tertiary alicyclic amines) is 1. The first-order chi connectivity index (χ1) is 12.2. The van der Waals surface area contributed by atoms with Gasteiger partial charge < -0.3 is 10.6 Å². The molecule has 0 aliphatic carbocycles. The molecule has 6 nitrogen and oxygen atoms in total.